The molecule has 0 aromatic heterocycles. The SMILES string of the molecule is CC1CC1CN(C)C(=O)CCCl. The molecule has 0 saturated heterocycles. The van der Waals surface area contributed by atoms with Crippen LogP contribution in [0.5, 0.6) is 0 Å². The Labute approximate surface area is 78.9 Å². The van der Waals surface area contributed by atoms with Crippen LogP contribution in [-0.2, 0) is 4.79 Å². The lowest BCUT2D eigenvalue weighted by Crippen LogP contribution is -2.29. The van der Waals surface area contributed by atoms with Crippen LogP contribution < -0.4 is 0 Å². The Kier molecular flexibility index (Phi) is 3.39. The van der Waals surface area contributed by atoms with Gasteiger partial charge in [0.1, 0.15) is 0 Å². The highest BCUT2D eigenvalue weighted by Crippen LogP contribution is 2.37. The summed E-state index contributed by atoms with van der Waals surface area (Å²) < 4.78 is 0. The van der Waals surface area contributed by atoms with E-state index in [4.69, 9.17) is 11.6 Å². The van der Waals surface area contributed by atoms with E-state index in [1.54, 1.807) is 4.90 Å². The number of nitrogens with zero attached hydrogens (tertiary/aromatic N) is 1. The van der Waals surface area contributed by atoms with Gasteiger partial charge in [-0.1, -0.05) is 6.92 Å². The van der Waals surface area contributed by atoms with Gasteiger partial charge < -0.3 is 4.90 Å². The first-order chi connectivity index (χ1) is 5.65. The molecule has 0 spiro atoms. The predicted octanol–water partition coefficient (Wildman–Crippen LogP) is 1.73. The van der Waals surface area contributed by atoms with E-state index in [1.165, 1.54) is 6.42 Å². The number of carbonyl (C=O) groups excluding carboxylic acids is 1. The normalized spacial score (nSPS) is 26.9. The van der Waals surface area contributed by atoms with E-state index >= 15 is 0 Å². The summed E-state index contributed by atoms with van der Waals surface area (Å²) in [5.41, 5.74) is 0. The molecule has 1 fully saturated rings. The number of rotatable bonds is 4. The first-order valence-electron chi connectivity index (χ1n) is 4.45. The summed E-state index contributed by atoms with van der Waals surface area (Å²) in [4.78, 5) is 13.1. The average molecular weight is 190 g/mol. The fourth-order valence-electron chi connectivity index (χ4n) is 1.38. The van der Waals surface area contributed by atoms with Crippen molar-refractivity contribution in [2.75, 3.05) is 19.5 Å². The van der Waals surface area contributed by atoms with Crippen molar-refractivity contribution in [2.24, 2.45) is 11.8 Å². The van der Waals surface area contributed by atoms with Gasteiger partial charge in [-0.05, 0) is 18.3 Å². The molecule has 2 unspecified atom stereocenters. The van der Waals surface area contributed by atoms with Gasteiger partial charge in [0.15, 0.2) is 0 Å². The molecule has 0 aliphatic heterocycles. The minimum Gasteiger partial charge on any atom is -0.345 e. The molecule has 2 atom stereocenters. The molecule has 0 radical (unpaired) electrons. The molecule has 0 heterocycles. The fraction of sp³-hybridized carbons (Fsp3) is 0.889. The highest BCUT2D eigenvalue weighted by molar-refractivity contribution is 6.18. The van der Waals surface area contributed by atoms with Crippen LogP contribution >= 0.6 is 11.6 Å². The molecule has 2 nitrogen and oxygen atoms in total. The number of amides is 1. The maximum atomic E-state index is 11.3. The lowest BCUT2D eigenvalue weighted by Gasteiger charge is -2.15. The van der Waals surface area contributed by atoms with Gasteiger partial charge in [0.05, 0.1) is 0 Å². The Bertz CT molecular complexity index is 172. The zero-order valence-electron chi connectivity index (χ0n) is 7.72. The minimum atomic E-state index is 0.170. The van der Waals surface area contributed by atoms with Gasteiger partial charge in [-0.3, -0.25) is 4.79 Å². The van der Waals surface area contributed by atoms with E-state index < -0.39 is 0 Å². The van der Waals surface area contributed by atoms with Crippen molar-refractivity contribution in [3.8, 4) is 0 Å². The maximum absolute atomic E-state index is 11.3. The molecule has 12 heavy (non-hydrogen) atoms. The second-order valence-corrected chi connectivity index (χ2v) is 4.06. The number of hydrogen-bond acceptors (Lipinski definition) is 1. The van der Waals surface area contributed by atoms with Crippen molar-refractivity contribution >= 4 is 17.5 Å². The summed E-state index contributed by atoms with van der Waals surface area (Å²) >= 11 is 5.47. The minimum absolute atomic E-state index is 0.170. The van der Waals surface area contributed by atoms with E-state index in [-0.39, 0.29) is 5.91 Å². The van der Waals surface area contributed by atoms with E-state index in [0.717, 1.165) is 18.4 Å². The molecular formula is C9H16ClNO. The summed E-state index contributed by atoms with van der Waals surface area (Å²) in [7, 11) is 1.86. The average Bonchev–Trinajstić information content (AvgIpc) is 2.67. The van der Waals surface area contributed by atoms with Crippen molar-refractivity contribution in [1.82, 2.24) is 4.90 Å². The lowest BCUT2D eigenvalue weighted by molar-refractivity contribution is -0.129. The van der Waals surface area contributed by atoms with E-state index in [0.29, 0.717) is 12.3 Å². The third kappa shape index (κ3) is 2.67. The highest BCUT2D eigenvalue weighted by Gasteiger charge is 2.33. The zero-order valence-corrected chi connectivity index (χ0v) is 8.47. The predicted molar refractivity (Wildman–Crippen MR) is 50.2 cm³/mol. The van der Waals surface area contributed by atoms with Crippen molar-refractivity contribution in [2.45, 2.75) is 19.8 Å². The molecule has 1 aliphatic rings. The molecule has 70 valence electrons. The maximum Gasteiger partial charge on any atom is 0.223 e. The zero-order chi connectivity index (χ0) is 9.14. The quantitative estimate of drug-likeness (QED) is 0.617. The van der Waals surface area contributed by atoms with Crippen LogP contribution in [0.15, 0.2) is 0 Å². The molecule has 0 aromatic carbocycles. The lowest BCUT2D eigenvalue weighted by atomic mass is 10.3. The van der Waals surface area contributed by atoms with Gasteiger partial charge >= 0.3 is 0 Å². The van der Waals surface area contributed by atoms with E-state index in [1.807, 2.05) is 7.05 Å². The Hall–Kier alpha value is -0.240. The first kappa shape index (κ1) is 9.85. The van der Waals surface area contributed by atoms with E-state index in [2.05, 4.69) is 6.92 Å². The van der Waals surface area contributed by atoms with Crippen LogP contribution in [0.2, 0.25) is 0 Å². The number of alkyl halides is 1. The van der Waals surface area contributed by atoms with Gasteiger partial charge in [-0.25, -0.2) is 0 Å². The Morgan fingerprint density at radius 2 is 2.25 bits per heavy atom. The van der Waals surface area contributed by atoms with Crippen molar-refractivity contribution in [3.05, 3.63) is 0 Å². The molecule has 1 aliphatic carbocycles. The smallest absolute Gasteiger partial charge is 0.223 e. The van der Waals surface area contributed by atoms with Gasteiger partial charge in [0, 0.05) is 25.9 Å². The topological polar surface area (TPSA) is 20.3 Å². The molecule has 3 heteroatoms. The monoisotopic (exact) mass is 189 g/mol. The standard InChI is InChI=1S/C9H16ClNO/c1-7-5-8(7)6-11(2)9(12)3-4-10/h7-8H,3-6H2,1-2H3. The fourth-order valence-corrected chi connectivity index (χ4v) is 1.54. The van der Waals surface area contributed by atoms with Crippen LogP contribution in [0.1, 0.15) is 19.8 Å². The molecular weight excluding hydrogens is 174 g/mol. The number of carbonyl (C=O) groups is 1. The summed E-state index contributed by atoms with van der Waals surface area (Å²) in [6, 6.07) is 0. The second kappa shape index (κ2) is 4.13. The Balaban J connectivity index is 2.18. The summed E-state index contributed by atoms with van der Waals surface area (Å²) in [5, 5.41) is 0. The van der Waals surface area contributed by atoms with Crippen molar-refractivity contribution in [1.29, 1.82) is 0 Å². The van der Waals surface area contributed by atoms with Crippen molar-refractivity contribution < 1.29 is 4.79 Å². The first-order valence-corrected chi connectivity index (χ1v) is 4.98. The van der Waals surface area contributed by atoms with Crippen LogP contribution in [0.4, 0.5) is 0 Å². The van der Waals surface area contributed by atoms with Crippen LogP contribution in [-0.4, -0.2) is 30.3 Å². The number of halogens is 1. The van der Waals surface area contributed by atoms with Crippen LogP contribution in [0.25, 0.3) is 0 Å². The molecule has 1 saturated carbocycles. The summed E-state index contributed by atoms with van der Waals surface area (Å²) in [6.07, 6.45) is 1.75. The van der Waals surface area contributed by atoms with Gasteiger partial charge in [0.2, 0.25) is 5.91 Å². The largest absolute Gasteiger partial charge is 0.345 e. The van der Waals surface area contributed by atoms with Crippen LogP contribution in [0, 0.1) is 11.8 Å². The third-order valence-corrected chi connectivity index (χ3v) is 2.71. The Morgan fingerprint density at radius 3 is 2.67 bits per heavy atom. The van der Waals surface area contributed by atoms with E-state index in [9.17, 15) is 4.79 Å². The van der Waals surface area contributed by atoms with Crippen molar-refractivity contribution in [3.63, 3.8) is 0 Å². The third-order valence-electron chi connectivity index (χ3n) is 2.52. The number of hydrogen-bond donors (Lipinski definition) is 0. The van der Waals surface area contributed by atoms with Crippen LogP contribution in [0.3, 0.4) is 0 Å². The Morgan fingerprint density at radius 1 is 1.67 bits per heavy atom. The molecule has 0 bridgehead atoms. The molecule has 1 rings (SSSR count). The van der Waals surface area contributed by atoms with Gasteiger partial charge in [-0.15, -0.1) is 11.6 Å². The summed E-state index contributed by atoms with van der Waals surface area (Å²) in [6.45, 7) is 3.14. The molecule has 0 aromatic rings. The van der Waals surface area contributed by atoms with Gasteiger partial charge in [0.25, 0.3) is 0 Å². The van der Waals surface area contributed by atoms with Gasteiger partial charge in [-0.2, -0.15) is 0 Å². The molecule has 0 N–H and O–H groups in total. The second-order valence-electron chi connectivity index (χ2n) is 3.69. The summed E-state index contributed by atoms with van der Waals surface area (Å²) in [5.74, 6) is 2.17. The highest BCUT2D eigenvalue weighted by atomic mass is 35.5. The molecule has 1 amide bonds.